The van der Waals surface area contributed by atoms with E-state index in [1.54, 1.807) is 0 Å². The minimum atomic E-state index is 0.682. The zero-order chi connectivity index (χ0) is 17.6. The monoisotopic (exact) mass is 346 g/mol. The standard InChI is InChI=1S/C21H34N2O2/c1-4-7-23-16-18-14-21(25-6-3)19(12-17(18)13-20(23)5-2)15-22-8-10-24-11-9-22/h12,14,20H,4-11,13,15-16H2,1-3H3. The first-order valence-electron chi connectivity index (χ1n) is 10.1. The molecular weight excluding hydrogens is 312 g/mol. The minimum absolute atomic E-state index is 0.682. The van der Waals surface area contributed by atoms with Crippen LogP contribution in [0.1, 0.15) is 50.3 Å². The Bertz CT molecular complexity index is 555. The number of ether oxygens (including phenoxy) is 2. The summed E-state index contributed by atoms with van der Waals surface area (Å²) in [6.45, 7) is 14.4. The molecule has 0 aliphatic carbocycles. The molecular formula is C21H34N2O2. The zero-order valence-corrected chi connectivity index (χ0v) is 16.2. The largest absolute Gasteiger partial charge is 0.494 e. The Morgan fingerprint density at radius 3 is 2.60 bits per heavy atom. The molecule has 0 spiro atoms. The van der Waals surface area contributed by atoms with Gasteiger partial charge in [0.1, 0.15) is 5.75 Å². The molecule has 2 heterocycles. The van der Waals surface area contributed by atoms with E-state index in [0.717, 1.165) is 51.7 Å². The third-order valence-corrected chi connectivity index (χ3v) is 5.51. The smallest absolute Gasteiger partial charge is 0.124 e. The molecule has 25 heavy (non-hydrogen) atoms. The van der Waals surface area contributed by atoms with Crippen molar-refractivity contribution in [2.45, 2.75) is 59.2 Å². The van der Waals surface area contributed by atoms with Gasteiger partial charge in [0.05, 0.1) is 19.8 Å². The van der Waals surface area contributed by atoms with Crippen LogP contribution in [-0.2, 0) is 24.2 Å². The number of fused-ring (bicyclic) bond motifs is 1. The Labute approximate surface area is 153 Å². The zero-order valence-electron chi connectivity index (χ0n) is 16.2. The molecule has 3 rings (SSSR count). The van der Waals surface area contributed by atoms with E-state index in [2.05, 4.69) is 42.7 Å². The second-order valence-electron chi connectivity index (χ2n) is 7.29. The maximum Gasteiger partial charge on any atom is 0.124 e. The van der Waals surface area contributed by atoms with Gasteiger partial charge in [0.2, 0.25) is 0 Å². The second kappa shape index (κ2) is 9.02. The third kappa shape index (κ3) is 4.55. The van der Waals surface area contributed by atoms with Crippen LogP contribution in [0, 0.1) is 0 Å². The summed E-state index contributed by atoms with van der Waals surface area (Å²) in [5.41, 5.74) is 4.35. The molecule has 0 N–H and O–H groups in total. The fourth-order valence-electron chi connectivity index (χ4n) is 4.15. The van der Waals surface area contributed by atoms with E-state index in [9.17, 15) is 0 Å². The van der Waals surface area contributed by atoms with Gasteiger partial charge in [-0.3, -0.25) is 9.80 Å². The number of rotatable bonds is 7. The van der Waals surface area contributed by atoms with Crippen LogP contribution in [0.25, 0.3) is 0 Å². The number of nitrogens with zero attached hydrogens (tertiary/aromatic N) is 2. The van der Waals surface area contributed by atoms with Crippen LogP contribution >= 0.6 is 0 Å². The Kier molecular flexibility index (Phi) is 6.74. The van der Waals surface area contributed by atoms with Gasteiger partial charge in [-0.15, -0.1) is 0 Å². The van der Waals surface area contributed by atoms with Gasteiger partial charge in [-0.25, -0.2) is 0 Å². The molecule has 0 bridgehead atoms. The average molecular weight is 347 g/mol. The summed E-state index contributed by atoms with van der Waals surface area (Å²) in [7, 11) is 0. The molecule has 4 heteroatoms. The fourth-order valence-corrected chi connectivity index (χ4v) is 4.15. The summed E-state index contributed by atoms with van der Waals surface area (Å²) in [4.78, 5) is 5.14. The van der Waals surface area contributed by atoms with Gasteiger partial charge >= 0.3 is 0 Å². The molecule has 0 saturated carbocycles. The van der Waals surface area contributed by atoms with Crippen LogP contribution in [0.15, 0.2) is 12.1 Å². The quantitative estimate of drug-likeness (QED) is 0.755. The first-order chi connectivity index (χ1) is 12.2. The van der Waals surface area contributed by atoms with Crippen molar-refractivity contribution in [3.8, 4) is 5.75 Å². The molecule has 0 aromatic heterocycles. The van der Waals surface area contributed by atoms with Gasteiger partial charge in [-0.2, -0.15) is 0 Å². The van der Waals surface area contributed by atoms with E-state index in [0.29, 0.717) is 6.04 Å². The lowest BCUT2D eigenvalue weighted by atomic mass is 9.90. The van der Waals surface area contributed by atoms with Gasteiger partial charge in [0.25, 0.3) is 0 Å². The molecule has 2 aliphatic heterocycles. The van der Waals surface area contributed by atoms with E-state index >= 15 is 0 Å². The molecule has 0 amide bonds. The average Bonchev–Trinajstić information content (AvgIpc) is 2.63. The van der Waals surface area contributed by atoms with Gasteiger partial charge in [0.15, 0.2) is 0 Å². The number of hydrogen-bond acceptors (Lipinski definition) is 4. The number of benzene rings is 1. The lowest BCUT2D eigenvalue weighted by molar-refractivity contribution is 0.0338. The van der Waals surface area contributed by atoms with Gasteiger partial charge in [0, 0.05) is 37.8 Å². The summed E-state index contributed by atoms with van der Waals surface area (Å²) in [6, 6.07) is 5.44. The molecule has 1 fully saturated rings. The van der Waals surface area contributed by atoms with Crippen molar-refractivity contribution in [3.63, 3.8) is 0 Å². The van der Waals surface area contributed by atoms with Crippen molar-refractivity contribution in [3.05, 3.63) is 28.8 Å². The van der Waals surface area contributed by atoms with Gasteiger partial charge in [-0.1, -0.05) is 19.9 Å². The van der Waals surface area contributed by atoms with Crippen LogP contribution in [0.5, 0.6) is 5.75 Å². The highest BCUT2D eigenvalue weighted by atomic mass is 16.5. The lowest BCUT2D eigenvalue weighted by Gasteiger charge is -2.37. The normalized spacial score (nSPS) is 22.0. The molecule has 1 aromatic rings. The van der Waals surface area contributed by atoms with E-state index in [1.807, 2.05) is 0 Å². The summed E-state index contributed by atoms with van der Waals surface area (Å²) in [5.74, 6) is 1.08. The maximum atomic E-state index is 6.02. The highest BCUT2D eigenvalue weighted by Gasteiger charge is 2.26. The van der Waals surface area contributed by atoms with Crippen LogP contribution in [0.3, 0.4) is 0 Å². The Morgan fingerprint density at radius 2 is 1.92 bits per heavy atom. The predicted octanol–water partition coefficient (Wildman–Crippen LogP) is 3.46. The highest BCUT2D eigenvalue weighted by molar-refractivity contribution is 5.44. The van der Waals surface area contributed by atoms with Crippen LogP contribution < -0.4 is 4.74 Å². The minimum Gasteiger partial charge on any atom is -0.494 e. The molecule has 1 saturated heterocycles. The van der Waals surface area contributed by atoms with Crippen molar-refractivity contribution < 1.29 is 9.47 Å². The number of hydrogen-bond donors (Lipinski definition) is 0. The fraction of sp³-hybridized carbons (Fsp3) is 0.714. The third-order valence-electron chi connectivity index (χ3n) is 5.51. The first-order valence-corrected chi connectivity index (χ1v) is 10.1. The summed E-state index contributed by atoms with van der Waals surface area (Å²) in [6.07, 6.45) is 3.62. The van der Waals surface area contributed by atoms with Crippen molar-refractivity contribution in [1.29, 1.82) is 0 Å². The van der Waals surface area contributed by atoms with Gasteiger partial charge in [-0.05, 0) is 49.9 Å². The Balaban J connectivity index is 1.84. The SMILES string of the molecule is CCCN1Cc2cc(OCC)c(CN3CCOCC3)cc2CC1CC. The highest BCUT2D eigenvalue weighted by Crippen LogP contribution is 2.32. The molecule has 2 aliphatic rings. The van der Waals surface area contributed by atoms with Crippen molar-refractivity contribution >= 4 is 0 Å². The Morgan fingerprint density at radius 1 is 1.12 bits per heavy atom. The molecule has 0 radical (unpaired) electrons. The summed E-state index contributed by atoms with van der Waals surface area (Å²) < 4.78 is 11.5. The van der Waals surface area contributed by atoms with Crippen LogP contribution in [-0.4, -0.2) is 55.3 Å². The maximum absolute atomic E-state index is 6.02. The molecule has 1 aromatic carbocycles. The molecule has 4 nitrogen and oxygen atoms in total. The second-order valence-corrected chi connectivity index (χ2v) is 7.29. The van der Waals surface area contributed by atoms with Crippen molar-refractivity contribution in [2.75, 3.05) is 39.5 Å². The first kappa shape index (κ1) is 18.7. The molecule has 1 atom stereocenters. The van der Waals surface area contributed by atoms with E-state index in [1.165, 1.54) is 42.5 Å². The predicted molar refractivity (Wildman–Crippen MR) is 102 cm³/mol. The molecule has 140 valence electrons. The van der Waals surface area contributed by atoms with Gasteiger partial charge < -0.3 is 9.47 Å². The van der Waals surface area contributed by atoms with Crippen LogP contribution in [0.2, 0.25) is 0 Å². The van der Waals surface area contributed by atoms with E-state index in [4.69, 9.17) is 9.47 Å². The summed E-state index contributed by atoms with van der Waals surface area (Å²) >= 11 is 0. The Hall–Kier alpha value is -1.10. The van der Waals surface area contributed by atoms with Crippen molar-refractivity contribution in [1.82, 2.24) is 9.80 Å². The van der Waals surface area contributed by atoms with E-state index in [-0.39, 0.29) is 0 Å². The topological polar surface area (TPSA) is 24.9 Å². The van der Waals surface area contributed by atoms with Crippen molar-refractivity contribution in [2.24, 2.45) is 0 Å². The van der Waals surface area contributed by atoms with E-state index < -0.39 is 0 Å². The summed E-state index contributed by atoms with van der Waals surface area (Å²) in [5, 5.41) is 0. The molecule has 1 unspecified atom stereocenters. The number of morpholine rings is 1. The van der Waals surface area contributed by atoms with Crippen LogP contribution in [0.4, 0.5) is 0 Å². The lowest BCUT2D eigenvalue weighted by Crippen LogP contribution is -2.40.